The van der Waals surface area contributed by atoms with Crippen LogP contribution < -0.4 is 4.74 Å². The SMILES string of the molecule is COc1ccc2c(c1)C(C)c1cc(-c3cccc(C)c3)ccc1-2. The Hall–Kier alpha value is -2.54. The molecule has 3 aromatic carbocycles. The molecule has 0 aliphatic heterocycles. The molecule has 114 valence electrons. The first-order valence-corrected chi connectivity index (χ1v) is 8.06. The first-order valence-electron chi connectivity index (χ1n) is 8.06. The van der Waals surface area contributed by atoms with E-state index in [1.54, 1.807) is 7.11 Å². The van der Waals surface area contributed by atoms with E-state index in [4.69, 9.17) is 4.74 Å². The molecule has 0 amide bonds. The highest BCUT2D eigenvalue weighted by Gasteiger charge is 2.26. The van der Waals surface area contributed by atoms with Crippen molar-refractivity contribution in [1.82, 2.24) is 0 Å². The number of hydrogen-bond acceptors (Lipinski definition) is 1. The zero-order chi connectivity index (χ0) is 16.0. The van der Waals surface area contributed by atoms with Crippen molar-refractivity contribution in [2.75, 3.05) is 7.11 Å². The Kier molecular flexibility index (Phi) is 3.23. The number of benzene rings is 3. The summed E-state index contributed by atoms with van der Waals surface area (Å²) in [6.45, 7) is 4.42. The summed E-state index contributed by atoms with van der Waals surface area (Å²) < 4.78 is 5.39. The Labute approximate surface area is 137 Å². The summed E-state index contributed by atoms with van der Waals surface area (Å²) in [6, 6.07) is 22.0. The number of ether oxygens (including phenoxy) is 1. The molecule has 0 N–H and O–H groups in total. The van der Waals surface area contributed by atoms with E-state index in [-0.39, 0.29) is 0 Å². The van der Waals surface area contributed by atoms with Crippen molar-refractivity contribution < 1.29 is 4.74 Å². The average Bonchev–Trinajstić information content (AvgIpc) is 2.87. The van der Waals surface area contributed by atoms with Crippen LogP contribution in [0.2, 0.25) is 0 Å². The molecule has 1 aliphatic carbocycles. The van der Waals surface area contributed by atoms with Gasteiger partial charge < -0.3 is 4.74 Å². The van der Waals surface area contributed by atoms with E-state index in [2.05, 4.69) is 74.5 Å². The molecule has 0 spiro atoms. The molecule has 1 aliphatic rings. The van der Waals surface area contributed by atoms with Crippen molar-refractivity contribution in [3.8, 4) is 28.0 Å². The minimum atomic E-state index is 0.403. The maximum atomic E-state index is 5.39. The summed E-state index contributed by atoms with van der Waals surface area (Å²) in [7, 11) is 1.73. The van der Waals surface area contributed by atoms with E-state index in [1.807, 2.05) is 0 Å². The Morgan fingerprint density at radius 1 is 0.783 bits per heavy atom. The summed E-state index contributed by atoms with van der Waals surface area (Å²) in [4.78, 5) is 0. The second-order valence-electron chi connectivity index (χ2n) is 6.35. The van der Waals surface area contributed by atoms with Gasteiger partial charge in [-0.25, -0.2) is 0 Å². The van der Waals surface area contributed by atoms with Crippen LogP contribution in [0.25, 0.3) is 22.3 Å². The Bertz CT molecular complexity index is 892. The Morgan fingerprint density at radius 2 is 1.48 bits per heavy atom. The number of rotatable bonds is 2. The smallest absolute Gasteiger partial charge is 0.119 e. The van der Waals surface area contributed by atoms with Crippen molar-refractivity contribution in [3.63, 3.8) is 0 Å². The molecule has 23 heavy (non-hydrogen) atoms. The van der Waals surface area contributed by atoms with E-state index in [9.17, 15) is 0 Å². The van der Waals surface area contributed by atoms with Gasteiger partial charge in [-0.2, -0.15) is 0 Å². The average molecular weight is 300 g/mol. The van der Waals surface area contributed by atoms with Gasteiger partial charge in [0.2, 0.25) is 0 Å². The molecule has 0 radical (unpaired) electrons. The van der Waals surface area contributed by atoms with Gasteiger partial charge in [0, 0.05) is 5.92 Å². The Morgan fingerprint density at radius 3 is 2.22 bits per heavy atom. The lowest BCUT2D eigenvalue weighted by molar-refractivity contribution is 0.414. The molecule has 0 heterocycles. The first kappa shape index (κ1) is 14.1. The largest absolute Gasteiger partial charge is 0.497 e. The van der Waals surface area contributed by atoms with Gasteiger partial charge in [0.1, 0.15) is 5.75 Å². The molecule has 1 unspecified atom stereocenters. The van der Waals surface area contributed by atoms with Crippen molar-refractivity contribution >= 4 is 0 Å². The third-order valence-corrected chi connectivity index (χ3v) is 4.88. The lowest BCUT2D eigenvalue weighted by Gasteiger charge is -2.10. The van der Waals surface area contributed by atoms with Crippen LogP contribution in [0, 0.1) is 6.92 Å². The number of fused-ring (bicyclic) bond motifs is 3. The zero-order valence-electron chi connectivity index (χ0n) is 13.8. The summed E-state index contributed by atoms with van der Waals surface area (Å²) >= 11 is 0. The molecule has 1 heteroatoms. The molecule has 0 fully saturated rings. The zero-order valence-corrected chi connectivity index (χ0v) is 13.8. The van der Waals surface area contributed by atoms with Crippen LogP contribution in [-0.4, -0.2) is 7.11 Å². The standard InChI is InChI=1S/C22H20O/c1-14-5-4-6-16(11-14)17-7-9-19-20-10-8-18(23-3)13-22(20)15(2)21(19)12-17/h4-13,15H,1-3H3. The van der Waals surface area contributed by atoms with Crippen LogP contribution in [0.4, 0.5) is 0 Å². The fraction of sp³-hybridized carbons (Fsp3) is 0.182. The molecule has 0 saturated heterocycles. The molecule has 3 aromatic rings. The second-order valence-corrected chi connectivity index (χ2v) is 6.35. The molecule has 0 bridgehead atoms. The van der Waals surface area contributed by atoms with Gasteiger partial charge in [-0.05, 0) is 58.5 Å². The van der Waals surface area contributed by atoms with Gasteiger partial charge in [-0.1, -0.05) is 55.0 Å². The molecule has 0 saturated carbocycles. The van der Waals surface area contributed by atoms with E-state index < -0.39 is 0 Å². The maximum absolute atomic E-state index is 5.39. The molecular weight excluding hydrogens is 280 g/mol. The fourth-order valence-corrected chi connectivity index (χ4v) is 3.61. The lowest BCUT2D eigenvalue weighted by atomic mass is 9.95. The van der Waals surface area contributed by atoms with Crippen LogP contribution >= 0.6 is 0 Å². The van der Waals surface area contributed by atoms with Crippen LogP contribution in [0.1, 0.15) is 29.5 Å². The predicted octanol–water partition coefficient (Wildman–Crippen LogP) is 5.80. The van der Waals surface area contributed by atoms with Gasteiger partial charge in [-0.3, -0.25) is 0 Å². The van der Waals surface area contributed by atoms with Crippen LogP contribution in [0.5, 0.6) is 5.75 Å². The van der Waals surface area contributed by atoms with E-state index in [0.717, 1.165) is 5.75 Å². The van der Waals surface area contributed by atoms with Crippen molar-refractivity contribution in [3.05, 3.63) is 77.4 Å². The Balaban J connectivity index is 1.83. The lowest BCUT2D eigenvalue weighted by Crippen LogP contribution is -1.91. The van der Waals surface area contributed by atoms with Crippen LogP contribution in [0.3, 0.4) is 0 Å². The van der Waals surface area contributed by atoms with Gasteiger partial charge in [-0.15, -0.1) is 0 Å². The highest BCUT2D eigenvalue weighted by Crippen LogP contribution is 2.46. The molecule has 1 nitrogen and oxygen atoms in total. The van der Waals surface area contributed by atoms with Gasteiger partial charge >= 0.3 is 0 Å². The monoisotopic (exact) mass is 300 g/mol. The molecule has 0 aromatic heterocycles. The number of methoxy groups -OCH3 is 1. The van der Waals surface area contributed by atoms with Crippen molar-refractivity contribution in [2.24, 2.45) is 0 Å². The maximum Gasteiger partial charge on any atom is 0.119 e. The van der Waals surface area contributed by atoms with E-state index in [0.29, 0.717) is 5.92 Å². The normalized spacial score (nSPS) is 15.2. The van der Waals surface area contributed by atoms with Crippen molar-refractivity contribution in [1.29, 1.82) is 0 Å². The second kappa shape index (κ2) is 5.27. The predicted molar refractivity (Wildman–Crippen MR) is 96.1 cm³/mol. The van der Waals surface area contributed by atoms with Crippen LogP contribution in [-0.2, 0) is 0 Å². The fourth-order valence-electron chi connectivity index (χ4n) is 3.61. The van der Waals surface area contributed by atoms with E-state index in [1.165, 1.54) is 38.9 Å². The van der Waals surface area contributed by atoms with Gasteiger partial charge in [0.15, 0.2) is 0 Å². The summed E-state index contributed by atoms with van der Waals surface area (Å²) in [5, 5.41) is 0. The minimum absolute atomic E-state index is 0.403. The third-order valence-electron chi connectivity index (χ3n) is 4.88. The quantitative estimate of drug-likeness (QED) is 0.581. The number of aryl methyl sites for hydroxylation is 1. The minimum Gasteiger partial charge on any atom is -0.497 e. The van der Waals surface area contributed by atoms with Crippen molar-refractivity contribution in [2.45, 2.75) is 19.8 Å². The van der Waals surface area contributed by atoms with Crippen LogP contribution in [0.15, 0.2) is 60.7 Å². The van der Waals surface area contributed by atoms with E-state index >= 15 is 0 Å². The topological polar surface area (TPSA) is 9.23 Å². The molecule has 4 rings (SSSR count). The van der Waals surface area contributed by atoms with Gasteiger partial charge in [0.25, 0.3) is 0 Å². The summed E-state index contributed by atoms with van der Waals surface area (Å²) in [5.41, 5.74) is 9.33. The summed E-state index contributed by atoms with van der Waals surface area (Å²) in [6.07, 6.45) is 0. The highest BCUT2D eigenvalue weighted by molar-refractivity contribution is 5.82. The first-order chi connectivity index (χ1) is 11.2. The number of hydrogen-bond donors (Lipinski definition) is 0. The molecular formula is C22H20O. The highest BCUT2D eigenvalue weighted by atomic mass is 16.5. The van der Waals surface area contributed by atoms with Gasteiger partial charge in [0.05, 0.1) is 7.11 Å². The molecule has 1 atom stereocenters. The third kappa shape index (κ3) is 2.24. The summed E-state index contributed by atoms with van der Waals surface area (Å²) in [5.74, 6) is 1.34.